The Labute approximate surface area is 55.9 Å². The van der Waals surface area contributed by atoms with E-state index in [1.165, 1.54) is 0 Å². The van der Waals surface area contributed by atoms with Gasteiger partial charge in [0.05, 0.1) is 14.6 Å². The fraction of sp³-hybridized carbons (Fsp3) is 0.714. The van der Waals surface area contributed by atoms with Crippen molar-refractivity contribution >= 4 is 0 Å². The molecule has 0 amide bonds. The molecule has 2 heteroatoms. The third-order valence-corrected chi connectivity index (χ3v) is 1.87. The van der Waals surface area contributed by atoms with Crippen molar-refractivity contribution in [1.82, 2.24) is 0 Å². The summed E-state index contributed by atoms with van der Waals surface area (Å²) in [6, 6.07) is 0. The molecule has 2 fully saturated rings. The monoisotopic (exact) mass is 127 g/mol. The first-order valence-corrected chi connectivity index (χ1v) is 3.17. The van der Waals surface area contributed by atoms with E-state index in [9.17, 15) is 0 Å². The van der Waals surface area contributed by atoms with Gasteiger partial charge in [0, 0.05) is 5.92 Å². The number of rotatable bonds is 0. The van der Waals surface area contributed by atoms with Crippen LogP contribution in [-0.4, -0.2) is 19.5 Å². The van der Waals surface area contributed by atoms with E-state index in [4.69, 9.17) is 10.8 Å². The van der Waals surface area contributed by atoms with Crippen molar-refractivity contribution in [3.8, 4) is 0 Å². The maximum atomic E-state index is 7.33. The second kappa shape index (κ2) is 1.82. The number of hydrogen-bond acceptors (Lipinski definition) is 2. The largest absolute Gasteiger partial charge is 0.352 e. The zero-order valence-corrected chi connectivity index (χ0v) is 5.17. The molecule has 3 atom stereocenters. The quantitative estimate of drug-likeness (QED) is 0.451. The smallest absolute Gasteiger partial charge is 0.164 e. The van der Waals surface area contributed by atoms with Gasteiger partial charge in [0.15, 0.2) is 6.29 Å². The minimum absolute atomic E-state index is 0.157. The molecule has 0 aromatic carbocycles. The highest BCUT2D eigenvalue weighted by molar-refractivity contribution is 5.08. The van der Waals surface area contributed by atoms with Crippen LogP contribution in [0.2, 0.25) is 0 Å². The van der Waals surface area contributed by atoms with Crippen LogP contribution < -0.4 is 0 Å². The van der Waals surface area contributed by atoms with Crippen LogP contribution in [0.5, 0.6) is 0 Å². The Morgan fingerprint density at radius 3 is 3.33 bits per heavy atom. The maximum Gasteiger partial charge on any atom is 0.164 e. The van der Waals surface area contributed by atoms with E-state index in [0.29, 0.717) is 5.92 Å². The summed E-state index contributed by atoms with van der Waals surface area (Å²) in [4.78, 5) is 0. The molecule has 0 bridgehead atoms. The minimum Gasteiger partial charge on any atom is -0.352 e. The van der Waals surface area contributed by atoms with E-state index in [0.717, 1.165) is 18.6 Å². The lowest BCUT2D eigenvalue weighted by Crippen LogP contribution is -2.09. The summed E-state index contributed by atoms with van der Waals surface area (Å²) in [5.74, 6) is 0.294. The van der Waals surface area contributed by atoms with Crippen molar-refractivity contribution < 1.29 is 10.8 Å². The lowest BCUT2D eigenvalue weighted by molar-refractivity contribution is -0.0904. The van der Waals surface area contributed by atoms with E-state index in [1.807, 2.05) is 0 Å². The highest BCUT2D eigenvalue weighted by Crippen LogP contribution is 2.33. The molecule has 2 saturated heterocycles. The molecule has 2 aliphatic rings. The Bertz CT molecular complexity index is 169. The van der Waals surface area contributed by atoms with E-state index in [2.05, 4.69) is 6.58 Å². The highest BCUT2D eigenvalue weighted by atomic mass is 16.7. The van der Waals surface area contributed by atoms with Gasteiger partial charge in [-0.3, -0.25) is 0 Å². The van der Waals surface area contributed by atoms with Crippen LogP contribution in [0.1, 0.15) is 7.79 Å². The molecule has 2 heterocycles. The summed E-state index contributed by atoms with van der Waals surface area (Å²) < 4.78 is 17.7. The molecule has 0 radical (unpaired) electrons. The summed E-state index contributed by atoms with van der Waals surface area (Å²) >= 11 is 0. The van der Waals surface area contributed by atoms with Crippen LogP contribution in [0.3, 0.4) is 0 Å². The number of ether oxygens (including phenoxy) is 2. The average molecular weight is 127 g/mol. The van der Waals surface area contributed by atoms with Crippen LogP contribution >= 0.6 is 0 Å². The van der Waals surface area contributed by atoms with E-state index in [-0.39, 0.29) is 6.29 Å². The Morgan fingerprint density at radius 2 is 2.56 bits per heavy atom. The van der Waals surface area contributed by atoms with Crippen LogP contribution in [0, 0.1) is 5.92 Å². The topological polar surface area (TPSA) is 18.5 Å². The third-order valence-electron chi connectivity index (χ3n) is 1.87. The second-order valence-corrected chi connectivity index (χ2v) is 2.46. The average Bonchev–Trinajstić information content (AvgIpc) is 2.41. The Kier molecular flexibility index (Phi) is 0.905. The molecule has 3 unspecified atom stereocenters. The Hall–Kier alpha value is -0.340. The fourth-order valence-corrected chi connectivity index (χ4v) is 1.30. The molecule has 9 heavy (non-hydrogen) atoms. The van der Waals surface area contributed by atoms with Gasteiger partial charge in [0.2, 0.25) is 0 Å². The van der Waals surface area contributed by atoms with Gasteiger partial charge >= 0.3 is 0 Å². The van der Waals surface area contributed by atoms with Crippen LogP contribution in [-0.2, 0) is 9.47 Å². The van der Waals surface area contributed by atoms with Crippen LogP contribution in [0.25, 0.3) is 0 Å². The standard InChI is InChI=1S/C7H10O2/c1-5-4-9-7-6(5)2-3-8-7/h6-7H,1-4H2/i4D. The second-order valence-electron chi connectivity index (χ2n) is 2.46. The van der Waals surface area contributed by atoms with Gasteiger partial charge in [-0.15, -0.1) is 0 Å². The SMILES string of the molecule is [2H]C1OC2OCCC2C1=C. The first-order chi connectivity index (χ1) is 4.79. The molecule has 0 N–H and O–H groups in total. The molecule has 50 valence electrons. The first kappa shape index (κ1) is 4.47. The summed E-state index contributed by atoms with van der Waals surface area (Å²) in [5, 5.41) is 0. The van der Waals surface area contributed by atoms with E-state index >= 15 is 0 Å². The molecule has 2 rings (SSSR count). The van der Waals surface area contributed by atoms with Gasteiger partial charge in [0.25, 0.3) is 0 Å². The minimum atomic E-state index is -0.546. The van der Waals surface area contributed by atoms with Crippen molar-refractivity contribution in [2.75, 3.05) is 13.2 Å². The van der Waals surface area contributed by atoms with Gasteiger partial charge in [0.1, 0.15) is 0 Å². The van der Waals surface area contributed by atoms with Gasteiger partial charge in [-0.2, -0.15) is 0 Å². The predicted octanol–water partition coefficient (Wildman–Crippen LogP) is 0.935. The van der Waals surface area contributed by atoms with Crippen LogP contribution in [0.15, 0.2) is 12.2 Å². The normalized spacial score (nSPS) is 51.3. The Balaban J connectivity index is 2.17. The molecular weight excluding hydrogens is 116 g/mol. The van der Waals surface area contributed by atoms with Gasteiger partial charge in [-0.1, -0.05) is 6.58 Å². The molecule has 0 aromatic rings. The molecule has 0 aliphatic carbocycles. The van der Waals surface area contributed by atoms with Crippen molar-refractivity contribution in [2.45, 2.75) is 12.7 Å². The lowest BCUT2D eigenvalue weighted by atomic mass is 10.0. The molecule has 0 saturated carbocycles. The zero-order chi connectivity index (χ0) is 7.14. The van der Waals surface area contributed by atoms with Crippen molar-refractivity contribution in [3.63, 3.8) is 0 Å². The molecule has 2 nitrogen and oxygen atoms in total. The van der Waals surface area contributed by atoms with Crippen LogP contribution in [0.4, 0.5) is 0 Å². The zero-order valence-electron chi connectivity index (χ0n) is 6.17. The Morgan fingerprint density at radius 1 is 1.67 bits per heavy atom. The van der Waals surface area contributed by atoms with Crippen molar-refractivity contribution in [1.29, 1.82) is 0 Å². The van der Waals surface area contributed by atoms with Gasteiger partial charge < -0.3 is 9.47 Å². The summed E-state index contributed by atoms with van der Waals surface area (Å²) in [6.07, 6.45) is 0.814. The lowest BCUT2D eigenvalue weighted by Gasteiger charge is -2.04. The molecule has 0 spiro atoms. The van der Waals surface area contributed by atoms with Crippen molar-refractivity contribution in [3.05, 3.63) is 12.2 Å². The fourth-order valence-electron chi connectivity index (χ4n) is 1.30. The predicted molar refractivity (Wildman–Crippen MR) is 32.9 cm³/mol. The summed E-state index contributed by atoms with van der Waals surface area (Å²) in [5.41, 5.74) is 0.877. The van der Waals surface area contributed by atoms with E-state index in [1.54, 1.807) is 0 Å². The van der Waals surface area contributed by atoms with Crippen molar-refractivity contribution in [2.24, 2.45) is 5.92 Å². The maximum absolute atomic E-state index is 7.33. The molecule has 2 aliphatic heterocycles. The molecule has 0 aromatic heterocycles. The third kappa shape index (κ3) is 0.705. The first-order valence-electron chi connectivity index (χ1n) is 3.75. The van der Waals surface area contributed by atoms with Gasteiger partial charge in [-0.05, 0) is 12.0 Å². The van der Waals surface area contributed by atoms with E-state index < -0.39 is 6.58 Å². The van der Waals surface area contributed by atoms with Gasteiger partial charge in [-0.25, -0.2) is 0 Å². The summed E-state index contributed by atoms with van der Waals surface area (Å²) in [6.45, 7) is 3.99. The number of hydrogen-bond donors (Lipinski definition) is 0. The number of fused-ring (bicyclic) bond motifs is 1. The molecular formula is C7H10O2. The summed E-state index contributed by atoms with van der Waals surface area (Å²) in [7, 11) is 0. The highest BCUT2D eigenvalue weighted by Gasteiger charge is 2.36.